The smallest absolute Gasteiger partial charge is 0.305 e. The van der Waals surface area contributed by atoms with Gasteiger partial charge in [-0.15, -0.1) is 0 Å². The van der Waals surface area contributed by atoms with E-state index in [1.807, 2.05) is 0 Å². The van der Waals surface area contributed by atoms with E-state index in [2.05, 4.69) is 31.2 Å². The van der Waals surface area contributed by atoms with Gasteiger partial charge in [-0.05, 0) is 17.7 Å². The Hall–Kier alpha value is -3.51. The maximum atomic E-state index is 12.6. The maximum absolute atomic E-state index is 12.6. The second-order valence-corrected chi connectivity index (χ2v) is 9.59. The van der Waals surface area contributed by atoms with E-state index in [0.29, 0.717) is 24.3 Å². The number of carboxylic acid groups (broad SMARTS) is 1. The summed E-state index contributed by atoms with van der Waals surface area (Å²) in [5, 5.41) is 21.6. The van der Waals surface area contributed by atoms with Crippen LogP contribution >= 0.6 is 23.2 Å². The van der Waals surface area contributed by atoms with Gasteiger partial charge in [-0.1, -0.05) is 35.3 Å². The predicted molar refractivity (Wildman–Crippen MR) is 146 cm³/mol. The Morgan fingerprint density at radius 3 is 2.29 bits per heavy atom. The first-order chi connectivity index (χ1) is 18.2. The minimum Gasteiger partial charge on any atom is -0.481 e. The third-order valence-electron chi connectivity index (χ3n) is 6.20. The molecule has 1 aromatic heterocycles. The summed E-state index contributed by atoms with van der Waals surface area (Å²) in [4.78, 5) is 54.7. The van der Waals surface area contributed by atoms with Gasteiger partial charge in [0.25, 0.3) is 16.8 Å². The molecule has 5 N–H and O–H groups in total. The summed E-state index contributed by atoms with van der Waals surface area (Å²) in [6.45, 7) is 4.79. The van der Waals surface area contributed by atoms with Crippen LogP contribution in [0.15, 0.2) is 46.2 Å². The molecule has 1 amide bonds. The van der Waals surface area contributed by atoms with Crippen LogP contribution in [-0.2, 0) is 4.79 Å². The van der Waals surface area contributed by atoms with Crippen LogP contribution in [0.5, 0.6) is 0 Å². The van der Waals surface area contributed by atoms with Gasteiger partial charge < -0.3 is 26.4 Å². The number of aliphatic carboxylic acids is 1. The first-order valence-corrected chi connectivity index (χ1v) is 12.7. The molecule has 2 aromatic carbocycles. The predicted octanol–water partition coefficient (Wildman–Crippen LogP) is 2.18. The number of piperazine rings is 1. The summed E-state index contributed by atoms with van der Waals surface area (Å²) in [6.07, 6.45) is 2.28. The van der Waals surface area contributed by atoms with Crippen LogP contribution < -0.4 is 32.1 Å². The van der Waals surface area contributed by atoms with Gasteiger partial charge in [0.2, 0.25) is 0 Å². The Balaban J connectivity index is 1.44. The number of hydrogen-bond donors (Lipinski definition) is 5. The number of pyridine rings is 1. The van der Waals surface area contributed by atoms with Crippen molar-refractivity contribution in [2.75, 3.05) is 55.2 Å². The number of carboxylic acids is 1. The van der Waals surface area contributed by atoms with Crippen LogP contribution in [0.3, 0.4) is 0 Å². The van der Waals surface area contributed by atoms with Crippen molar-refractivity contribution in [2.24, 2.45) is 0 Å². The highest BCUT2D eigenvalue weighted by Gasteiger charge is 2.25. The summed E-state index contributed by atoms with van der Waals surface area (Å²) in [5.41, 5.74) is -0.0499. The molecule has 0 radical (unpaired) electrons. The largest absolute Gasteiger partial charge is 0.481 e. The van der Waals surface area contributed by atoms with E-state index in [1.54, 1.807) is 24.3 Å². The van der Waals surface area contributed by atoms with Crippen LogP contribution in [0.2, 0.25) is 10.0 Å². The molecular formula is C25H26Cl2N6O5. The molecule has 38 heavy (non-hydrogen) atoms. The van der Waals surface area contributed by atoms with E-state index >= 15 is 0 Å². The number of aromatic nitrogens is 1. The number of nitrogens with zero attached hydrogens (tertiary/aromatic N) is 2. The average molecular weight is 561 g/mol. The van der Waals surface area contributed by atoms with Crippen molar-refractivity contribution in [3.05, 3.63) is 78.3 Å². The zero-order valence-corrected chi connectivity index (χ0v) is 21.7. The first-order valence-electron chi connectivity index (χ1n) is 11.9. The molecule has 4 rings (SSSR count). The van der Waals surface area contributed by atoms with Crippen molar-refractivity contribution in [1.29, 1.82) is 0 Å². The zero-order valence-electron chi connectivity index (χ0n) is 20.2. The van der Waals surface area contributed by atoms with Gasteiger partial charge in [0.1, 0.15) is 11.4 Å². The van der Waals surface area contributed by atoms with Crippen LogP contribution in [-0.4, -0.2) is 66.1 Å². The molecule has 200 valence electrons. The molecule has 1 atom stereocenters. The van der Waals surface area contributed by atoms with Crippen LogP contribution in [0, 0.1) is 0 Å². The molecule has 11 nitrogen and oxygen atoms in total. The van der Waals surface area contributed by atoms with Gasteiger partial charge >= 0.3 is 5.97 Å². The molecule has 0 bridgehead atoms. The highest BCUT2D eigenvalue weighted by atomic mass is 35.5. The minimum atomic E-state index is -1.09. The lowest BCUT2D eigenvalue weighted by molar-refractivity contribution is -0.137. The Kier molecular flexibility index (Phi) is 8.95. The number of halogens is 2. The molecule has 0 saturated carbocycles. The van der Waals surface area contributed by atoms with Crippen molar-refractivity contribution >= 4 is 52.1 Å². The molecule has 2 heterocycles. The molecule has 1 aliphatic heterocycles. The van der Waals surface area contributed by atoms with Crippen LogP contribution in [0.25, 0.3) is 0 Å². The van der Waals surface area contributed by atoms with Crippen molar-refractivity contribution < 1.29 is 14.7 Å². The van der Waals surface area contributed by atoms with Gasteiger partial charge in [-0.2, -0.15) is 0 Å². The van der Waals surface area contributed by atoms with E-state index in [9.17, 15) is 24.3 Å². The summed E-state index contributed by atoms with van der Waals surface area (Å²) in [5.74, 6) is -1.62. The Morgan fingerprint density at radius 2 is 1.66 bits per heavy atom. The molecule has 13 heteroatoms. The monoisotopic (exact) mass is 560 g/mol. The average Bonchev–Trinajstić information content (AvgIpc) is 2.90. The molecule has 0 spiro atoms. The van der Waals surface area contributed by atoms with Crippen LogP contribution in [0.4, 0.5) is 17.1 Å². The van der Waals surface area contributed by atoms with Gasteiger partial charge in [0.05, 0.1) is 28.1 Å². The number of nitrogens with one attached hydrogen (secondary N) is 4. The van der Waals surface area contributed by atoms with Gasteiger partial charge in [0, 0.05) is 57.3 Å². The maximum Gasteiger partial charge on any atom is 0.305 e. The summed E-state index contributed by atoms with van der Waals surface area (Å²) < 4.78 is 0. The lowest BCUT2D eigenvalue weighted by atomic mass is 10.0. The van der Waals surface area contributed by atoms with E-state index < -0.39 is 28.8 Å². The summed E-state index contributed by atoms with van der Waals surface area (Å²) in [6, 6.07) is 5.62. The fourth-order valence-corrected chi connectivity index (χ4v) is 4.73. The molecular weight excluding hydrogens is 535 g/mol. The molecule has 1 saturated heterocycles. The van der Waals surface area contributed by atoms with E-state index in [4.69, 9.17) is 23.2 Å². The zero-order chi connectivity index (χ0) is 27.2. The normalized spacial score (nSPS) is 14.7. The molecule has 0 aliphatic carbocycles. The Labute approximate surface area is 227 Å². The number of benzene rings is 1. The van der Waals surface area contributed by atoms with Crippen molar-refractivity contribution in [2.45, 2.75) is 12.5 Å². The lowest BCUT2D eigenvalue weighted by Gasteiger charge is -2.27. The van der Waals surface area contributed by atoms with Crippen LogP contribution in [0.1, 0.15) is 28.4 Å². The highest BCUT2D eigenvalue weighted by molar-refractivity contribution is 6.40. The number of rotatable bonds is 11. The fraction of sp³-hybridized carbons (Fsp3) is 0.320. The fourth-order valence-electron chi connectivity index (χ4n) is 4.19. The van der Waals surface area contributed by atoms with Gasteiger partial charge in [-0.25, -0.2) is 0 Å². The second-order valence-electron chi connectivity index (χ2n) is 8.78. The van der Waals surface area contributed by atoms with Crippen molar-refractivity contribution in [1.82, 2.24) is 15.2 Å². The molecule has 1 unspecified atom stereocenters. The second kappa shape index (κ2) is 12.4. The molecule has 1 aliphatic rings. The minimum absolute atomic E-state index is 0.0703. The number of carbonyl (C=O) groups excluding carboxylic acids is 1. The third kappa shape index (κ3) is 6.48. The van der Waals surface area contributed by atoms with Gasteiger partial charge in [0.15, 0.2) is 0 Å². The summed E-state index contributed by atoms with van der Waals surface area (Å²) in [7, 11) is 0. The van der Waals surface area contributed by atoms with E-state index in [1.165, 1.54) is 12.4 Å². The third-order valence-corrected chi connectivity index (χ3v) is 6.77. The molecule has 1 fully saturated rings. The van der Waals surface area contributed by atoms with Crippen molar-refractivity contribution in [3.8, 4) is 0 Å². The number of carbonyl (C=O) groups is 2. The lowest BCUT2D eigenvalue weighted by Crippen LogP contribution is -2.45. The Morgan fingerprint density at radius 1 is 1.03 bits per heavy atom. The number of anilines is 3. The van der Waals surface area contributed by atoms with Crippen molar-refractivity contribution in [3.63, 3.8) is 0 Å². The summed E-state index contributed by atoms with van der Waals surface area (Å²) >= 11 is 12.1. The van der Waals surface area contributed by atoms with Gasteiger partial charge in [-0.3, -0.25) is 29.1 Å². The number of hydrogen-bond acceptors (Lipinski definition) is 9. The topological polar surface area (TPSA) is 153 Å². The first kappa shape index (κ1) is 27.5. The SMILES string of the molecule is O=C(O)CC(Nc1c(NCCN2CCNCC2)c(=O)c1=O)c1ccc(NC(=O)c2c(Cl)cncc2Cl)cc1. The standard InChI is InChI=1S/C25H26Cl2N6O5/c26-16-12-29-13-17(27)20(16)25(38)31-15-3-1-14(2-4-15)18(11-19(34)35)32-22-21(23(36)24(22)37)30-7-10-33-8-5-28-6-9-33/h1-4,12-13,18,28,30,32H,5-11H2,(H,31,38)(H,34,35). The highest BCUT2D eigenvalue weighted by Crippen LogP contribution is 2.28. The van der Waals surface area contributed by atoms with E-state index in [-0.39, 0.29) is 33.4 Å². The molecule has 3 aromatic rings. The van der Waals surface area contributed by atoms with E-state index in [0.717, 1.165) is 26.2 Å². The number of amides is 1. The Bertz CT molecular complexity index is 1360. The quantitative estimate of drug-likeness (QED) is 0.220.